The topological polar surface area (TPSA) is 42.4 Å². The molecule has 1 heterocycles. The summed E-state index contributed by atoms with van der Waals surface area (Å²) in [6, 6.07) is 9.56. The molecule has 1 N–H and O–H groups in total. The second-order valence-electron chi connectivity index (χ2n) is 3.87. The van der Waals surface area contributed by atoms with E-state index >= 15 is 0 Å². The summed E-state index contributed by atoms with van der Waals surface area (Å²) >= 11 is 3.37. The van der Waals surface area contributed by atoms with Crippen molar-refractivity contribution in [2.45, 2.75) is 13.0 Å². The minimum Gasteiger partial charge on any atom is -0.493 e. The number of hydrogen-bond acceptors (Lipinski definition) is 3. The van der Waals surface area contributed by atoms with E-state index in [1.54, 1.807) is 12.4 Å². The van der Waals surface area contributed by atoms with Gasteiger partial charge in [0, 0.05) is 23.3 Å². The van der Waals surface area contributed by atoms with E-state index in [2.05, 4.69) is 20.9 Å². The molecule has 0 unspecified atom stereocenters. The number of halogens is 1. The normalized spacial score (nSPS) is 10.3. The molecule has 0 radical (unpaired) electrons. The summed E-state index contributed by atoms with van der Waals surface area (Å²) in [6.45, 7) is 0.610. The minimum atomic E-state index is 0.00212. The predicted octanol–water partition coefficient (Wildman–Crippen LogP) is 2.96. The lowest BCUT2D eigenvalue weighted by Crippen LogP contribution is -2.02. The molecule has 0 saturated heterocycles. The third kappa shape index (κ3) is 3.55. The van der Waals surface area contributed by atoms with Crippen LogP contribution in [-0.2, 0) is 13.0 Å². The number of ether oxygens (including phenoxy) is 1. The lowest BCUT2D eigenvalue weighted by molar-refractivity contribution is 0.278. The summed E-state index contributed by atoms with van der Waals surface area (Å²) in [7, 11) is 0. The average Bonchev–Trinajstić information content (AvgIpc) is 2.42. The number of aliphatic hydroxyl groups excluding tert-OH is 1. The molecule has 2 rings (SSSR count). The monoisotopic (exact) mass is 307 g/mol. The van der Waals surface area contributed by atoms with Crippen LogP contribution in [0.1, 0.15) is 11.1 Å². The largest absolute Gasteiger partial charge is 0.493 e. The molecule has 18 heavy (non-hydrogen) atoms. The van der Waals surface area contributed by atoms with Gasteiger partial charge in [-0.05, 0) is 41.5 Å². The maximum absolute atomic E-state index is 9.15. The summed E-state index contributed by atoms with van der Waals surface area (Å²) < 4.78 is 6.55. The van der Waals surface area contributed by atoms with E-state index in [0.717, 1.165) is 22.2 Å². The van der Waals surface area contributed by atoms with E-state index in [0.29, 0.717) is 6.61 Å². The number of aliphatic hydroxyl groups is 1. The first kappa shape index (κ1) is 13.1. The molecular weight excluding hydrogens is 294 g/mol. The average molecular weight is 308 g/mol. The fourth-order valence-corrected chi connectivity index (χ4v) is 1.97. The number of nitrogens with zero attached hydrogens (tertiary/aromatic N) is 1. The molecule has 0 atom stereocenters. The van der Waals surface area contributed by atoms with Gasteiger partial charge in [-0.25, -0.2) is 0 Å². The molecule has 0 fully saturated rings. The smallest absolute Gasteiger partial charge is 0.119 e. The van der Waals surface area contributed by atoms with Crippen molar-refractivity contribution in [3.63, 3.8) is 0 Å². The molecule has 2 aromatic rings. The third-order valence-electron chi connectivity index (χ3n) is 2.60. The van der Waals surface area contributed by atoms with Crippen LogP contribution in [0.15, 0.2) is 47.2 Å². The van der Waals surface area contributed by atoms with Crippen molar-refractivity contribution in [1.82, 2.24) is 4.98 Å². The highest BCUT2D eigenvalue weighted by atomic mass is 79.9. The van der Waals surface area contributed by atoms with Gasteiger partial charge in [0.25, 0.3) is 0 Å². The Labute approximate surface area is 115 Å². The second-order valence-corrected chi connectivity index (χ2v) is 4.72. The van der Waals surface area contributed by atoms with E-state index in [9.17, 15) is 0 Å². The first-order valence-electron chi connectivity index (χ1n) is 5.70. The standard InChI is InChI=1S/C14H14BrNO2/c15-14-2-1-13(9-12(14)10-17)18-8-5-11-3-6-16-7-4-11/h1-4,6-7,9,17H,5,8,10H2. The van der Waals surface area contributed by atoms with Crippen LogP contribution in [0.4, 0.5) is 0 Å². The Morgan fingerprint density at radius 1 is 1.17 bits per heavy atom. The van der Waals surface area contributed by atoms with Crippen LogP contribution in [0, 0.1) is 0 Å². The van der Waals surface area contributed by atoms with Gasteiger partial charge in [0.1, 0.15) is 5.75 Å². The van der Waals surface area contributed by atoms with Crippen molar-refractivity contribution < 1.29 is 9.84 Å². The van der Waals surface area contributed by atoms with Gasteiger partial charge < -0.3 is 9.84 Å². The van der Waals surface area contributed by atoms with Gasteiger partial charge in [0.05, 0.1) is 13.2 Å². The van der Waals surface area contributed by atoms with E-state index in [4.69, 9.17) is 9.84 Å². The minimum absolute atomic E-state index is 0.00212. The van der Waals surface area contributed by atoms with Crippen LogP contribution >= 0.6 is 15.9 Å². The SMILES string of the molecule is OCc1cc(OCCc2ccncc2)ccc1Br. The molecule has 0 aliphatic carbocycles. The van der Waals surface area contributed by atoms with Gasteiger partial charge >= 0.3 is 0 Å². The molecule has 1 aromatic heterocycles. The van der Waals surface area contributed by atoms with Gasteiger partial charge in [0.2, 0.25) is 0 Å². The van der Waals surface area contributed by atoms with Crippen molar-refractivity contribution >= 4 is 15.9 Å². The Kier molecular flexibility index (Phi) is 4.73. The van der Waals surface area contributed by atoms with Crippen molar-refractivity contribution in [2.75, 3.05) is 6.61 Å². The van der Waals surface area contributed by atoms with E-state index < -0.39 is 0 Å². The Bertz CT molecular complexity index is 502. The Morgan fingerprint density at radius 3 is 2.67 bits per heavy atom. The van der Waals surface area contributed by atoms with Crippen LogP contribution < -0.4 is 4.74 Å². The zero-order valence-corrected chi connectivity index (χ0v) is 11.4. The first-order valence-corrected chi connectivity index (χ1v) is 6.50. The number of benzene rings is 1. The highest BCUT2D eigenvalue weighted by Gasteiger charge is 2.01. The third-order valence-corrected chi connectivity index (χ3v) is 3.37. The predicted molar refractivity (Wildman–Crippen MR) is 73.5 cm³/mol. The summed E-state index contributed by atoms with van der Waals surface area (Å²) in [5, 5.41) is 9.15. The Hall–Kier alpha value is -1.39. The molecule has 0 saturated carbocycles. The summed E-state index contributed by atoms with van der Waals surface area (Å²) in [5.41, 5.74) is 2.03. The summed E-state index contributed by atoms with van der Waals surface area (Å²) in [4.78, 5) is 3.97. The number of pyridine rings is 1. The second kappa shape index (κ2) is 6.52. The number of rotatable bonds is 5. The van der Waals surface area contributed by atoms with Crippen LogP contribution in [0.3, 0.4) is 0 Å². The van der Waals surface area contributed by atoms with Gasteiger partial charge in [-0.3, -0.25) is 4.98 Å². The van der Waals surface area contributed by atoms with E-state index in [1.165, 1.54) is 5.56 Å². The molecule has 4 heteroatoms. The fraction of sp³-hybridized carbons (Fsp3) is 0.214. The maximum Gasteiger partial charge on any atom is 0.119 e. The molecule has 0 spiro atoms. The molecule has 0 amide bonds. The molecule has 0 bridgehead atoms. The van der Waals surface area contributed by atoms with Crippen LogP contribution in [0.25, 0.3) is 0 Å². The van der Waals surface area contributed by atoms with Crippen LogP contribution in [0.2, 0.25) is 0 Å². The number of hydrogen-bond donors (Lipinski definition) is 1. The fourth-order valence-electron chi connectivity index (χ4n) is 1.60. The Balaban J connectivity index is 1.91. The zero-order chi connectivity index (χ0) is 12.8. The van der Waals surface area contributed by atoms with E-state index in [1.807, 2.05) is 30.3 Å². The quantitative estimate of drug-likeness (QED) is 0.923. The molecule has 0 aliphatic rings. The summed E-state index contributed by atoms with van der Waals surface area (Å²) in [5.74, 6) is 0.774. The lowest BCUT2D eigenvalue weighted by Gasteiger charge is -2.08. The van der Waals surface area contributed by atoms with Crippen molar-refractivity contribution in [1.29, 1.82) is 0 Å². The van der Waals surface area contributed by atoms with E-state index in [-0.39, 0.29) is 6.61 Å². The van der Waals surface area contributed by atoms with Gasteiger partial charge in [-0.2, -0.15) is 0 Å². The molecular formula is C14H14BrNO2. The highest BCUT2D eigenvalue weighted by Crippen LogP contribution is 2.22. The molecule has 3 nitrogen and oxygen atoms in total. The van der Waals surface area contributed by atoms with Gasteiger partial charge in [-0.15, -0.1) is 0 Å². The number of aromatic nitrogens is 1. The van der Waals surface area contributed by atoms with Crippen molar-refractivity contribution in [2.24, 2.45) is 0 Å². The first-order chi connectivity index (χ1) is 8.79. The highest BCUT2D eigenvalue weighted by molar-refractivity contribution is 9.10. The molecule has 0 aliphatic heterocycles. The van der Waals surface area contributed by atoms with Gasteiger partial charge in [0.15, 0.2) is 0 Å². The Morgan fingerprint density at radius 2 is 1.94 bits per heavy atom. The zero-order valence-electron chi connectivity index (χ0n) is 9.84. The van der Waals surface area contributed by atoms with Crippen molar-refractivity contribution in [3.05, 3.63) is 58.3 Å². The molecule has 1 aromatic carbocycles. The van der Waals surface area contributed by atoms with Gasteiger partial charge in [-0.1, -0.05) is 15.9 Å². The van der Waals surface area contributed by atoms with Crippen LogP contribution in [0.5, 0.6) is 5.75 Å². The van der Waals surface area contributed by atoms with Crippen LogP contribution in [-0.4, -0.2) is 16.7 Å². The summed E-state index contributed by atoms with van der Waals surface area (Å²) in [6.07, 6.45) is 4.39. The van der Waals surface area contributed by atoms with Crippen molar-refractivity contribution in [3.8, 4) is 5.75 Å². The lowest BCUT2D eigenvalue weighted by atomic mass is 10.2. The maximum atomic E-state index is 9.15. The molecule has 94 valence electrons.